The molecule has 3 heterocycles. The van der Waals surface area contributed by atoms with Gasteiger partial charge in [-0.15, -0.1) is 6.42 Å². The summed E-state index contributed by atoms with van der Waals surface area (Å²) in [5.74, 6) is -1.76. The highest BCUT2D eigenvalue weighted by Crippen LogP contribution is 2.42. The summed E-state index contributed by atoms with van der Waals surface area (Å²) in [6, 6.07) is -0.409. The zero-order chi connectivity index (χ0) is 52.3. The highest BCUT2D eigenvalue weighted by atomic mass is 16.7. The summed E-state index contributed by atoms with van der Waals surface area (Å²) in [5, 5.41) is 44.8. The summed E-state index contributed by atoms with van der Waals surface area (Å²) in [6.45, 7) is 18.8. The van der Waals surface area contributed by atoms with Crippen molar-refractivity contribution in [1.82, 2.24) is 10.2 Å². The molecule has 3 saturated heterocycles. The van der Waals surface area contributed by atoms with Crippen LogP contribution in [-0.4, -0.2) is 163 Å². The van der Waals surface area contributed by atoms with Crippen molar-refractivity contribution in [1.29, 1.82) is 0 Å². The Hall–Kier alpha value is -3.12. The number of ether oxygens (including phenoxy) is 8. The first-order valence-electron chi connectivity index (χ1n) is 25.7. The highest BCUT2D eigenvalue weighted by Gasteiger charge is 2.54. The third-order valence-corrected chi connectivity index (χ3v) is 15.4. The molecule has 18 nitrogen and oxygen atoms in total. The molecule has 1 amide bonds. The van der Waals surface area contributed by atoms with Gasteiger partial charge in [-0.25, -0.2) is 4.79 Å². The van der Waals surface area contributed by atoms with E-state index >= 15 is 0 Å². The van der Waals surface area contributed by atoms with Gasteiger partial charge in [0.1, 0.15) is 23.9 Å². The Kier molecular flexibility index (Phi) is 22.2. The monoisotopic (exact) mass is 996 g/mol. The maximum absolute atomic E-state index is 14.7. The SMILES string of the molecule is C#CCNC(=O)O[C@H]1C(O[C@@H]2[C@@H](C)[C@H](O[C@H]3C[C@@](C)(OC)[C@@H](OC(C)=O)[C@H](C)O3)[C@@H](C)C(=O)O[C@H](CC)[C@@](C)(O)[C@H](O)[C@@H](C)/C(=N/OCCCC3CCCCC3)[C@H](C)CC2(C)O)O[C@H](C)C[C@@H]1N(C)C. The van der Waals surface area contributed by atoms with Crippen molar-refractivity contribution in [3.8, 4) is 12.3 Å². The number of hydrogen-bond acceptors (Lipinski definition) is 17. The smallest absolute Gasteiger partial charge is 0.408 e. The van der Waals surface area contributed by atoms with E-state index in [4.69, 9.17) is 49.2 Å². The van der Waals surface area contributed by atoms with E-state index in [0.717, 1.165) is 12.8 Å². The van der Waals surface area contributed by atoms with Gasteiger partial charge < -0.3 is 68.3 Å². The van der Waals surface area contributed by atoms with Gasteiger partial charge in [-0.3, -0.25) is 9.59 Å². The van der Waals surface area contributed by atoms with Gasteiger partial charge >= 0.3 is 18.0 Å². The first-order valence-corrected chi connectivity index (χ1v) is 25.7. The summed E-state index contributed by atoms with van der Waals surface area (Å²) in [4.78, 5) is 48.1. The van der Waals surface area contributed by atoms with Crippen LogP contribution in [0.4, 0.5) is 4.79 Å². The number of aliphatic hydroxyl groups excluding tert-OH is 1. The number of esters is 2. The standard InChI is InChI=1S/C52H89N3O15/c1-16-25-53-49(59)69-43-38(55(13)14)27-31(4)64-48(43)70-45-33(6)42(68-40-29-51(11,62-15)46(35(8)65-40)66-36(9)56)34(7)47(58)67-39(17-2)52(12,61)44(57)32(5)41(30(3)28-50(45,10)60)54-63-26-21-24-37-22-19-18-20-23-37/h1,30-35,37-40,42-46,48,57,60-61H,17-29H2,2-15H3,(H,53,59)/b54-41+/t30-,31-,32+,33+,34-,35+,38+,39-,40+,42+,43-,44-,45-,46+,48?,50?,51-,52-/m1/s1. The molecule has 0 aromatic heterocycles. The molecule has 0 aromatic rings. The molecule has 4 fully saturated rings. The Balaban J connectivity index is 1.88. The van der Waals surface area contributed by atoms with Gasteiger partial charge in [0.2, 0.25) is 0 Å². The van der Waals surface area contributed by atoms with Crippen molar-refractivity contribution < 1.29 is 72.4 Å². The number of nitrogens with one attached hydrogen (secondary N) is 1. The molecule has 18 atom stereocenters. The largest absolute Gasteiger partial charge is 0.459 e. The van der Waals surface area contributed by atoms with Crippen molar-refractivity contribution in [3.63, 3.8) is 0 Å². The summed E-state index contributed by atoms with van der Waals surface area (Å²) in [7, 11) is 5.21. The number of methoxy groups -OCH3 is 1. The minimum atomic E-state index is -1.97. The van der Waals surface area contributed by atoms with Gasteiger partial charge in [-0.1, -0.05) is 70.9 Å². The second kappa shape index (κ2) is 26.2. The lowest BCUT2D eigenvalue weighted by Crippen LogP contribution is -2.62. The second-order valence-corrected chi connectivity index (χ2v) is 21.6. The van der Waals surface area contributed by atoms with Crippen molar-refractivity contribution >= 4 is 23.7 Å². The Bertz CT molecular complexity index is 1750. The molecule has 18 heteroatoms. The average Bonchev–Trinajstić information content (AvgIpc) is 3.29. The summed E-state index contributed by atoms with van der Waals surface area (Å²) in [6.07, 6.45) is 2.84. The number of nitrogens with zero attached hydrogens (tertiary/aromatic N) is 2. The van der Waals surface area contributed by atoms with Crippen LogP contribution < -0.4 is 5.32 Å². The molecule has 4 aliphatic rings. The molecule has 1 aliphatic carbocycles. The molecule has 402 valence electrons. The van der Waals surface area contributed by atoms with Crippen LogP contribution in [0.3, 0.4) is 0 Å². The molecular weight excluding hydrogens is 907 g/mol. The van der Waals surface area contributed by atoms with Crippen LogP contribution in [0.25, 0.3) is 0 Å². The molecule has 0 aromatic carbocycles. The van der Waals surface area contributed by atoms with Crippen LogP contribution in [0.15, 0.2) is 5.16 Å². The van der Waals surface area contributed by atoms with Gasteiger partial charge in [0, 0.05) is 38.2 Å². The van der Waals surface area contributed by atoms with Crippen molar-refractivity contribution in [2.24, 2.45) is 34.7 Å². The van der Waals surface area contributed by atoms with Gasteiger partial charge in [-0.05, 0) is 93.7 Å². The lowest BCUT2D eigenvalue weighted by atomic mass is 9.73. The Labute approximate surface area is 417 Å². The zero-order valence-electron chi connectivity index (χ0n) is 44.6. The number of terminal acetylenes is 1. The van der Waals surface area contributed by atoms with E-state index in [1.807, 2.05) is 32.8 Å². The predicted molar refractivity (Wildman–Crippen MR) is 261 cm³/mol. The van der Waals surface area contributed by atoms with E-state index < -0.39 is 126 Å². The Morgan fingerprint density at radius 3 is 2.21 bits per heavy atom. The highest BCUT2D eigenvalue weighted by molar-refractivity contribution is 5.88. The average molecular weight is 996 g/mol. The molecule has 4 rings (SSSR count). The number of rotatable bonds is 15. The number of alkyl carbamates (subject to hydrolysis) is 1. The minimum absolute atomic E-state index is 0.0371. The topological polar surface area (TPSA) is 223 Å². The molecule has 70 heavy (non-hydrogen) atoms. The van der Waals surface area contributed by atoms with E-state index in [1.54, 1.807) is 48.5 Å². The summed E-state index contributed by atoms with van der Waals surface area (Å²) >= 11 is 0. The van der Waals surface area contributed by atoms with Crippen molar-refractivity contribution in [2.45, 2.75) is 231 Å². The molecular formula is C52H89N3O15. The maximum Gasteiger partial charge on any atom is 0.408 e. The number of aliphatic hydroxyl groups is 3. The quantitative estimate of drug-likeness (QED) is 0.0494. The molecule has 0 radical (unpaired) electrons. The maximum atomic E-state index is 14.7. The third kappa shape index (κ3) is 15.2. The van der Waals surface area contributed by atoms with E-state index in [2.05, 4.69) is 16.4 Å². The minimum Gasteiger partial charge on any atom is -0.459 e. The van der Waals surface area contributed by atoms with E-state index in [0.29, 0.717) is 24.7 Å². The number of carbonyl (C=O) groups excluding carboxylic acids is 3. The Morgan fingerprint density at radius 2 is 1.61 bits per heavy atom. The summed E-state index contributed by atoms with van der Waals surface area (Å²) < 4.78 is 50.7. The number of carbonyl (C=O) groups is 3. The number of cyclic esters (lactones) is 1. The fourth-order valence-corrected chi connectivity index (χ4v) is 11.4. The van der Waals surface area contributed by atoms with Crippen molar-refractivity contribution in [3.05, 3.63) is 0 Å². The molecule has 4 N–H and O–H groups in total. The van der Waals surface area contributed by atoms with E-state index in [9.17, 15) is 29.7 Å². The van der Waals surface area contributed by atoms with Crippen molar-refractivity contribution in [2.75, 3.05) is 34.4 Å². The third-order valence-electron chi connectivity index (χ3n) is 15.4. The zero-order valence-corrected chi connectivity index (χ0v) is 44.6. The van der Waals surface area contributed by atoms with Gasteiger partial charge in [0.25, 0.3) is 0 Å². The molecule has 0 bridgehead atoms. The first kappa shape index (κ1) is 59.4. The molecule has 1 saturated carbocycles. The number of oxime groups is 1. The van der Waals surface area contributed by atoms with Crippen LogP contribution in [-0.2, 0) is 52.3 Å². The normalized spacial score (nSPS) is 41.2. The van der Waals surface area contributed by atoms with Gasteiger partial charge in [0.15, 0.2) is 24.8 Å². The molecule has 2 unspecified atom stereocenters. The second-order valence-electron chi connectivity index (χ2n) is 21.6. The van der Waals surface area contributed by atoms with Gasteiger partial charge in [0.05, 0.1) is 60.3 Å². The van der Waals surface area contributed by atoms with E-state index in [-0.39, 0.29) is 25.8 Å². The number of likely N-dealkylation sites (N-methyl/N-ethyl adjacent to an activating group) is 1. The fraction of sp³-hybridized carbons (Fsp3) is 0.885. The van der Waals surface area contributed by atoms with Crippen LogP contribution in [0, 0.1) is 41.9 Å². The first-order chi connectivity index (χ1) is 32.8. The molecule has 0 spiro atoms. The Morgan fingerprint density at radius 1 is 0.943 bits per heavy atom. The summed E-state index contributed by atoms with van der Waals surface area (Å²) in [5.41, 5.74) is -4.52. The predicted octanol–water partition coefficient (Wildman–Crippen LogP) is 5.89. The fourth-order valence-electron chi connectivity index (χ4n) is 11.4. The lowest BCUT2D eigenvalue weighted by Gasteiger charge is -2.49. The van der Waals surface area contributed by atoms with Crippen LogP contribution in [0.5, 0.6) is 0 Å². The number of hydrogen-bond donors (Lipinski definition) is 4. The van der Waals surface area contributed by atoms with Crippen LogP contribution in [0.1, 0.15) is 147 Å². The molecule has 3 aliphatic heterocycles. The van der Waals surface area contributed by atoms with E-state index in [1.165, 1.54) is 53.1 Å². The van der Waals surface area contributed by atoms with Crippen LogP contribution >= 0.6 is 0 Å². The lowest BCUT2D eigenvalue weighted by molar-refractivity contribution is -0.318. The van der Waals surface area contributed by atoms with Crippen LogP contribution in [0.2, 0.25) is 0 Å². The van der Waals surface area contributed by atoms with Gasteiger partial charge in [-0.2, -0.15) is 0 Å². The number of amides is 1.